The second-order valence-corrected chi connectivity index (χ2v) is 8.07. The van der Waals surface area contributed by atoms with Gasteiger partial charge in [-0.05, 0) is 28.6 Å². The number of rotatable bonds is 5. The maximum Gasteiger partial charge on any atom is 0.225 e. The zero-order valence-electron chi connectivity index (χ0n) is 14.1. The second kappa shape index (κ2) is 8.18. The molecule has 2 fully saturated rings. The van der Waals surface area contributed by atoms with Crippen molar-refractivity contribution in [2.24, 2.45) is 5.92 Å². The number of hydrogen-bond acceptors (Lipinski definition) is 6. The first-order chi connectivity index (χ1) is 12.0. The van der Waals surface area contributed by atoms with Gasteiger partial charge in [0.1, 0.15) is 11.5 Å². The molecule has 1 amide bonds. The summed E-state index contributed by atoms with van der Waals surface area (Å²) < 4.78 is 21.1. The van der Waals surface area contributed by atoms with Crippen molar-refractivity contribution in [1.82, 2.24) is 15.3 Å². The molecule has 2 aliphatic heterocycles. The molecule has 1 aromatic rings. The van der Waals surface area contributed by atoms with Crippen molar-refractivity contribution in [3.63, 3.8) is 0 Å². The first-order valence-corrected chi connectivity index (χ1v) is 10.4. The Hall–Kier alpha value is -0.930. The number of hydrogen-bond donors (Lipinski definition) is 1. The van der Waals surface area contributed by atoms with Gasteiger partial charge < -0.3 is 15.0 Å². The number of alkyl halides is 1. The lowest BCUT2D eigenvalue weighted by atomic mass is 9.93. The molecule has 3 heterocycles. The number of amides is 1. The van der Waals surface area contributed by atoms with Crippen LogP contribution in [0, 0.1) is 5.92 Å². The number of piperidine rings is 1. The molecule has 0 bridgehead atoms. The van der Waals surface area contributed by atoms with Gasteiger partial charge in [-0.15, -0.1) is 0 Å². The molecule has 0 saturated carbocycles. The van der Waals surface area contributed by atoms with E-state index in [-0.39, 0.29) is 18.4 Å². The van der Waals surface area contributed by atoms with E-state index in [0.717, 1.165) is 16.7 Å². The van der Waals surface area contributed by atoms with E-state index in [1.165, 1.54) is 11.8 Å². The number of aromatic nitrogens is 2. The van der Waals surface area contributed by atoms with Crippen LogP contribution in [0.15, 0.2) is 15.8 Å². The molecule has 0 aromatic carbocycles. The number of thioether (sulfide) groups is 1. The molecule has 0 aliphatic carbocycles. The molecule has 2 aliphatic rings. The second-order valence-electron chi connectivity index (χ2n) is 6.44. The van der Waals surface area contributed by atoms with Gasteiger partial charge >= 0.3 is 0 Å². The fraction of sp³-hybridized carbons (Fsp3) is 0.688. The van der Waals surface area contributed by atoms with Gasteiger partial charge in [-0.25, -0.2) is 14.4 Å². The summed E-state index contributed by atoms with van der Waals surface area (Å²) in [7, 11) is 0. The first-order valence-electron chi connectivity index (χ1n) is 8.36. The van der Waals surface area contributed by atoms with Crippen LogP contribution >= 0.6 is 27.7 Å². The predicted molar refractivity (Wildman–Crippen MR) is 98.7 cm³/mol. The molecule has 3 rings (SSSR count). The number of nitrogens with zero attached hydrogens (tertiary/aromatic N) is 3. The van der Waals surface area contributed by atoms with Crippen LogP contribution in [0.3, 0.4) is 0 Å². The topological polar surface area (TPSA) is 67.4 Å². The molecule has 1 N–H and O–H groups in total. The molecule has 1 unspecified atom stereocenters. The molecule has 1 aromatic heterocycles. The Bertz CT molecular complexity index is 622. The van der Waals surface area contributed by atoms with Gasteiger partial charge in [-0.2, -0.15) is 0 Å². The fourth-order valence-corrected chi connectivity index (χ4v) is 3.87. The van der Waals surface area contributed by atoms with Crippen molar-refractivity contribution < 1.29 is 13.9 Å². The molecule has 2 saturated heterocycles. The minimum absolute atomic E-state index is 0.0666. The van der Waals surface area contributed by atoms with Crippen molar-refractivity contribution in [3.8, 4) is 0 Å². The predicted octanol–water partition coefficient (Wildman–Crippen LogP) is 2.42. The van der Waals surface area contributed by atoms with Crippen molar-refractivity contribution in [2.75, 3.05) is 44.0 Å². The monoisotopic (exact) mass is 432 g/mol. The van der Waals surface area contributed by atoms with Gasteiger partial charge in [-0.1, -0.05) is 11.8 Å². The van der Waals surface area contributed by atoms with Crippen molar-refractivity contribution >= 4 is 39.4 Å². The van der Waals surface area contributed by atoms with Gasteiger partial charge in [0, 0.05) is 38.7 Å². The highest BCUT2D eigenvalue weighted by Gasteiger charge is 2.36. The lowest BCUT2D eigenvalue weighted by Gasteiger charge is -2.37. The van der Waals surface area contributed by atoms with Crippen LogP contribution in [0.1, 0.15) is 19.3 Å². The molecular formula is C16H22BrFN4O2S. The molecular weight excluding hydrogens is 411 g/mol. The first kappa shape index (κ1) is 18.8. The number of halogens is 2. The van der Waals surface area contributed by atoms with E-state index in [4.69, 9.17) is 4.74 Å². The number of carbonyl (C=O) groups is 1. The lowest BCUT2D eigenvalue weighted by Crippen LogP contribution is -2.49. The highest BCUT2D eigenvalue weighted by molar-refractivity contribution is 9.10. The van der Waals surface area contributed by atoms with E-state index in [9.17, 15) is 4.79 Å². The smallest absolute Gasteiger partial charge is 0.225 e. The molecule has 138 valence electrons. The maximum atomic E-state index is 15.0. The standard InChI is InChI=1S/C16H22BrFN4O2S/c1-25-15-19-8-12(17)13(21-15)22-5-3-16(18,4-6-22)10-20-14(23)11-2-7-24-9-11/h8,11H,2-7,9-10H2,1H3,(H,20,23). The van der Waals surface area contributed by atoms with Gasteiger partial charge in [0.05, 0.1) is 23.5 Å². The van der Waals surface area contributed by atoms with E-state index < -0.39 is 5.67 Å². The Kier molecular flexibility index (Phi) is 6.17. The van der Waals surface area contributed by atoms with Crippen molar-refractivity contribution in [2.45, 2.75) is 30.1 Å². The van der Waals surface area contributed by atoms with Gasteiger partial charge in [-0.3, -0.25) is 4.79 Å². The molecule has 0 spiro atoms. The maximum absolute atomic E-state index is 15.0. The quantitative estimate of drug-likeness (QED) is 0.569. The van der Waals surface area contributed by atoms with Crippen LogP contribution in [0.2, 0.25) is 0 Å². The zero-order chi connectivity index (χ0) is 17.9. The summed E-state index contributed by atoms with van der Waals surface area (Å²) in [6.07, 6.45) is 5.10. The molecule has 25 heavy (non-hydrogen) atoms. The lowest BCUT2D eigenvalue weighted by molar-refractivity contribution is -0.125. The van der Waals surface area contributed by atoms with E-state index in [0.29, 0.717) is 44.3 Å². The summed E-state index contributed by atoms with van der Waals surface area (Å²) in [4.78, 5) is 22.8. The van der Waals surface area contributed by atoms with E-state index >= 15 is 4.39 Å². The minimum Gasteiger partial charge on any atom is -0.381 e. The average Bonchev–Trinajstić information content (AvgIpc) is 3.16. The largest absolute Gasteiger partial charge is 0.381 e. The normalized spacial score (nSPS) is 22.8. The summed E-state index contributed by atoms with van der Waals surface area (Å²) >= 11 is 4.95. The van der Waals surface area contributed by atoms with Crippen molar-refractivity contribution in [3.05, 3.63) is 10.7 Å². The third kappa shape index (κ3) is 4.62. The Balaban J connectivity index is 1.54. The summed E-state index contributed by atoms with van der Waals surface area (Å²) in [5.74, 6) is 0.569. The van der Waals surface area contributed by atoms with Crippen LogP contribution in [0.5, 0.6) is 0 Å². The number of nitrogens with one attached hydrogen (secondary N) is 1. The summed E-state index contributed by atoms with van der Waals surface area (Å²) in [5.41, 5.74) is -1.37. The summed E-state index contributed by atoms with van der Waals surface area (Å²) in [6, 6.07) is 0. The highest BCUT2D eigenvalue weighted by Crippen LogP contribution is 2.32. The van der Waals surface area contributed by atoms with E-state index in [1.807, 2.05) is 6.26 Å². The summed E-state index contributed by atoms with van der Waals surface area (Å²) in [5, 5.41) is 3.46. The highest BCUT2D eigenvalue weighted by atomic mass is 79.9. The van der Waals surface area contributed by atoms with Gasteiger partial charge in [0.25, 0.3) is 0 Å². The molecule has 1 atom stereocenters. The average molecular weight is 433 g/mol. The molecule has 9 heteroatoms. The van der Waals surface area contributed by atoms with E-state index in [2.05, 4.69) is 36.1 Å². The van der Waals surface area contributed by atoms with Gasteiger partial charge in [0.2, 0.25) is 5.91 Å². The minimum atomic E-state index is -1.37. The Morgan fingerprint density at radius 3 is 2.96 bits per heavy atom. The van der Waals surface area contributed by atoms with Crippen LogP contribution in [-0.4, -0.2) is 60.6 Å². The van der Waals surface area contributed by atoms with Crippen LogP contribution in [0.25, 0.3) is 0 Å². The SMILES string of the molecule is CSc1ncc(Br)c(N2CCC(F)(CNC(=O)C3CCOC3)CC2)n1. The Morgan fingerprint density at radius 2 is 2.32 bits per heavy atom. The number of carbonyl (C=O) groups excluding carboxylic acids is 1. The van der Waals surface area contributed by atoms with E-state index in [1.54, 1.807) is 6.20 Å². The molecule has 6 nitrogen and oxygen atoms in total. The van der Waals surface area contributed by atoms with Crippen LogP contribution in [-0.2, 0) is 9.53 Å². The Morgan fingerprint density at radius 1 is 1.56 bits per heavy atom. The summed E-state index contributed by atoms with van der Waals surface area (Å²) in [6.45, 7) is 2.24. The Labute approximate surface area is 159 Å². The third-order valence-electron chi connectivity index (χ3n) is 4.73. The number of anilines is 1. The van der Waals surface area contributed by atoms with Crippen molar-refractivity contribution in [1.29, 1.82) is 0 Å². The van der Waals surface area contributed by atoms with Crippen LogP contribution < -0.4 is 10.2 Å². The van der Waals surface area contributed by atoms with Crippen LogP contribution in [0.4, 0.5) is 10.2 Å². The third-order valence-corrected chi connectivity index (χ3v) is 5.85. The fourth-order valence-electron chi connectivity index (χ4n) is 3.09. The van der Waals surface area contributed by atoms with Gasteiger partial charge in [0.15, 0.2) is 5.16 Å². The zero-order valence-corrected chi connectivity index (χ0v) is 16.5. The molecule has 0 radical (unpaired) electrons. The number of ether oxygens (including phenoxy) is 1.